The smallest absolute Gasteiger partial charge is 0.264 e. The van der Waals surface area contributed by atoms with Crippen LogP contribution in [-0.4, -0.2) is 62.3 Å². The Morgan fingerprint density at radius 3 is 2.43 bits per heavy atom. The molecule has 0 atom stereocenters. The number of Topliss-reactive ketones (excluding diaryl/α,β-unsaturated/α-hetero) is 1. The Kier molecular flexibility index (Phi) is 5.70. The number of ether oxygens (including phenoxy) is 1. The first kappa shape index (κ1) is 19.9. The van der Waals surface area contributed by atoms with Crippen molar-refractivity contribution in [3.05, 3.63) is 54.1 Å². The van der Waals surface area contributed by atoms with Crippen molar-refractivity contribution in [1.29, 1.82) is 0 Å². The number of hydrogen-bond acceptors (Lipinski definition) is 5. The van der Waals surface area contributed by atoms with Crippen LogP contribution in [0.1, 0.15) is 23.2 Å². The van der Waals surface area contributed by atoms with Crippen LogP contribution < -0.4 is 14.5 Å². The van der Waals surface area contributed by atoms with Gasteiger partial charge in [0.2, 0.25) is 5.91 Å². The zero-order valence-corrected chi connectivity index (χ0v) is 17.0. The third-order valence-electron chi connectivity index (χ3n) is 5.69. The molecule has 0 aliphatic carbocycles. The van der Waals surface area contributed by atoms with Crippen LogP contribution in [-0.2, 0) is 9.59 Å². The summed E-state index contributed by atoms with van der Waals surface area (Å²) in [4.78, 5) is 42.6. The summed E-state index contributed by atoms with van der Waals surface area (Å²) in [5, 5.41) is 0. The first-order valence-corrected chi connectivity index (χ1v) is 10.2. The number of fused-ring (bicyclic) bond motifs is 1. The first-order valence-electron chi connectivity index (χ1n) is 10.2. The minimum atomic E-state index is -0.156. The van der Waals surface area contributed by atoms with Gasteiger partial charge in [-0.25, -0.2) is 0 Å². The number of carbonyl (C=O) groups is 3. The van der Waals surface area contributed by atoms with E-state index in [0.717, 1.165) is 13.1 Å². The molecule has 0 bridgehead atoms. The molecule has 2 aromatic carbocycles. The van der Waals surface area contributed by atoms with Gasteiger partial charge in [0.1, 0.15) is 5.75 Å². The largest absolute Gasteiger partial charge is 0.482 e. The average molecular weight is 407 g/mol. The van der Waals surface area contributed by atoms with Gasteiger partial charge in [-0.3, -0.25) is 14.4 Å². The van der Waals surface area contributed by atoms with Gasteiger partial charge in [-0.15, -0.1) is 0 Å². The Bertz CT molecular complexity index is 952. The van der Waals surface area contributed by atoms with Crippen LogP contribution >= 0.6 is 0 Å². The molecule has 2 amide bonds. The van der Waals surface area contributed by atoms with Crippen molar-refractivity contribution in [2.45, 2.75) is 12.8 Å². The number of carbonyl (C=O) groups excluding carboxylic acids is 3. The summed E-state index contributed by atoms with van der Waals surface area (Å²) < 4.78 is 5.39. The summed E-state index contributed by atoms with van der Waals surface area (Å²) >= 11 is 0. The van der Waals surface area contributed by atoms with Gasteiger partial charge >= 0.3 is 0 Å². The molecule has 2 aliphatic heterocycles. The van der Waals surface area contributed by atoms with Gasteiger partial charge in [0.05, 0.1) is 5.69 Å². The Hall–Kier alpha value is -3.35. The molecule has 0 unspecified atom stereocenters. The van der Waals surface area contributed by atoms with E-state index < -0.39 is 0 Å². The normalized spacial score (nSPS) is 16.2. The lowest BCUT2D eigenvalue weighted by Gasteiger charge is -2.36. The van der Waals surface area contributed by atoms with Crippen LogP contribution in [0.15, 0.2) is 48.5 Å². The SMILES string of the molecule is CN1C(=O)COc2ccc(C(=O)CCC(=O)N3CCN(c4ccccc4)CC3)cc21. The molecular weight excluding hydrogens is 382 g/mol. The third kappa shape index (κ3) is 4.15. The van der Waals surface area contributed by atoms with Crippen LogP contribution in [0, 0.1) is 0 Å². The van der Waals surface area contributed by atoms with Gasteiger partial charge in [0.25, 0.3) is 5.91 Å². The van der Waals surface area contributed by atoms with Gasteiger partial charge in [-0.1, -0.05) is 18.2 Å². The highest BCUT2D eigenvalue weighted by Gasteiger charge is 2.25. The lowest BCUT2D eigenvalue weighted by atomic mass is 10.0. The number of likely N-dealkylation sites (N-methyl/N-ethyl adjacent to an activating group) is 1. The van der Waals surface area contributed by atoms with Crippen LogP contribution in [0.5, 0.6) is 5.75 Å². The molecule has 1 fully saturated rings. The molecule has 0 saturated carbocycles. The summed E-state index contributed by atoms with van der Waals surface area (Å²) in [6.07, 6.45) is 0.335. The highest BCUT2D eigenvalue weighted by atomic mass is 16.5. The second kappa shape index (κ2) is 8.57. The van der Waals surface area contributed by atoms with E-state index in [2.05, 4.69) is 17.0 Å². The number of hydrogen-bond donors (Lipinski definition) is 0. The maximum absolute atomic E-state index is 12.6. The first-order chi connectivity index (χ1) is 14.5. The van der Waals surface area contributed by atoms with Gasteiger partial charge in [0.15, 0.2) is 12.4 Å². The van der Waals surface area contributed by atoms with Crippen molar-refractivity contribution in [3.63, 3.8) is 0 Å². The molecule has 0 aromatic heterocycles. The lowest BCUT2D eigenvalue weighted by Crippen LogP contribution is -2.48. The third-order valence-corrected chi connectivity index (χ3v) is 5.69. The van der Waals surface area contributed by atoms with E-state index in [-0.39, 0.29) is 37.0 Å². The molecule has 4 rings (SSSR count). The predicted molar refractivity (Wildman–Crippen MR) is 114 cm³/mol. The zero-order valence-electron chi connectivity index (χ0n) is 17.0. The molecule has 7 nitrogen and oxygen atoms in total. The van der Waals surface area contributed by atoms with Crippen molar-refractivity contribution in [2.75, 3.05) is 49.6 Å². The number of rotatable bonds is 5. The summed E-state index contributed by atoms with van der Waals surface area (Å²) in [6.45, 7) is 2.89. The highest BCUT2D eigenvalue weighted by Crippen LogP contribution is 2.32. The lowest BCUT2D eigenvalue weighted by molar-refractivity contribution is -0.131. The number of ketones is 1. The Balaban J connectivity index is 1.30. The van der Waals surface area contributed by atoms with Crippen molar-refractivity contribution in [1.82, 2.24) is 4.90 Å². The molecular formula is C23H25N3O4. The van der Waals surface area contributed by atoms with Crippen molar-refractivity contribution < 1.29 is 19.1 Å². The van der Waals surface area contributed by atoms with Gasteiger partial charge in [-0.05, 0) is 30.3 Å². The van der Waals surface area contributed by atoms with Crippen molar-refractivity contribution in [3.8, 4) is 5.75 Å². The maximum atomic E-state index is 12.6. The average Bonchev–Trinajstić information content (AvgIpc) is 2.80. The molecule has 30 heavy (non-hydrogen) atoms. The van der Waals surface area contributed by atoms with Crippen LogP contribution in [0.2, 0.25) is 0 Å². The molecule has 1 saturated heterocycles. The fourth-order valence-electron chi connectivity index (χ4n) is 3.82. The topological polar surface area (TPSA) is 70.2 Å². The molecule has 0 radical (unpaired) electrons. The summed E-state index contributed by atoms with van der Waals surface area (Å²) in [5.41, 5.74) is 2.24. The predicted octanol–water partition coefficient (Wildman–Crippen LogP) is 2.35. The second-order valence-electron chi connectivity index (χ2n) is 7.55. The number of benzene rings is 2. The fraction of sp³-hybridized carbons (Fsp3) is 0.348. The Morgan fingerprint density at radius 1 is 0.967 bits per heavy atom. The highest BCUT2D eigenvalue weighted by molar-refractivity contribution is 6.02. The van der Waals surface area contributed by atoms with Gasteiger partial charge in [-0.2, -0.15) is 0 Å². The number of anilines is 2. The fourth-order valence-corrected chi connectivity index (χ4v) is 3.82. The van der Waals surface area contributed by atoms with Crippen LogP contribution in [0.25, 0.3) is 0 Å². The van der Waals surface area contributed by atoms with Gasteiger partial charge in [0, 0.05) is 57.3 Å². The Labute approximate surface area is 175 Å². The van der Waals surface area contributed by atoms with E-state index in [9.17, 15) is 14.4 Å². The quantitative estimate of drug-likeness (QED) is 0.712. The van der Waals surface area contributed by atoms with E-state index in [0.29, 0.717) is 30.1 Å². The van der Waals surface area contributed by atoms with E-state index >= 15 is 0 Å². The summed E-state index contributed by atoms with van der Waals surface area (Å²) in [6, 6.07) is 15.2. The van der Waals surface area contributed by atoms with Crippen molar-refractivity contribution in [2.24, 2.45) is 0 Å². The van der Waals surface area contributed by atoms with Crippen LogP contribution in [0.4, 0.5) is 11.4 Å². The van der Waals surface area contributed by atoms with E-state index in [1.807, 2.05) is 23.1 Å². The molecule has 0 spiro atoms. The number of piperazine rings is 1. The van der Waals surface area contributed by atoms with E-state index in [1.165, 1.54) is 10.6 Å². The molecule has 2 aromatic rings. The minimum Gasteiger partial charge on any atom is -0.482 e. The molecule has 7 heteroatoms. The summed E-state index contributed by atoms with van der Waals surface area (Å²) in [7, 11) is 1.66. The van der Waals surface area contributed by atoms with Gasteiger partial charge < -0.3 is 19.4 Å². The standard InChI is InChI=1S/C23H25N3O4/c1-24-19-15-17(7-9-21(19)30-16-23(24)29)20(27)8-10-22(28)26-13-11-25(12-14-26)18-5-3-2-4-6-18/h2-7,9,15H,8,10-14,16H2,1H3. The zero-order chi connectivity index (χ0) is 21.1. The monoisotopic (exact) mass is 407 g/mol. The van der Waals surface area contributed by atoms with Crippen molar-refractivity contribution >= 4 is 29.0 Å². The minimum absolute atomic E-state index is 0.00281. The van der Waals surface area contributed by atoms with Crippen LogP contribution in [0.3, 0.4) is 0 Å². The Morgan fingerprint density at radius 2 is 1.70 bits per heavy atom. The summed E-state index contributed by atoms with van der Waals surface area (Å²) in [5.74, 6) is 0.322. The number of para-hydroxylation sites is 1. The number of nitrogens with zero attached hydrogens (tertiary/aromatic N) is 3. The molecule has 2 heterocycles. The molecule has 0 N–H and O–H groups in total. The maximum Gasteiger partial charge on any atom is 0.264 e. The number of amides is 2. The van der Waals surface area contributed by atoms with E-state index in [4.69, 9.17) is 4.74 Å². The van der Waals surface area contributed by atoms with E-state index in [1.54, 1.807) is 25.2 Å². The molecule has 156 valence electrons. The molecule has 2 aliphatic rings. The second-order valence-corrected chi connectivity index (χ2v) is 7.55.